The van der Waals surface area contributed by atoms with Crippen molar-refractivity contribution in [2.75, 3.05) is 11.5 Å². The highest BCUT2D eigenvalue weighted by Gasteiger charge is 2.47. The Labute approximate surface area is 217 Å². The number of halogens is 3. The largest absolute Gasteiger partial charge is 0.573 e. The lowest BCUT2D eigenvalue weighted by Gasteiger charge is -2.25. The minimum absolute atomic E-state index is 0.151. The van der Waals surface area contributed by atoms with Crippen LogP contribution >= 0.6 is 0 Å². The number of aliphatic hydroxyl groups is 1. The van der Waals surface area contributed by atoms with E-state index >= 15 is 0 Å². The van der Waals surface area contributed by atoms with E-state index in [1.54, 1.807) is 36.4 Å². The van der Waals surface area contributed by atoms with Gasteiger partial charge in [0.15, 0.2) is 0 Å². The number of Topliss-reactive ketones (excluding diaryl/α,β-unsaturated/α-hetero) is 1. The van der Waals surface area contributed by atoms with E-state index in [0.717, 1.165) is 36.3 Å². The molecule has 0 saturated carbocycles. The summed E-state index contributed by atoms with van der Waals surface area (Å²) >= 11 is 0. The fraction of sp³-hybridized carbons (Fsp3) is 0.250. The molecule has 0 spiro atoms. The van der Waals surface area contributed by atoms with E-state index in [9.17, 15) is 27.9 Å². The molecule has 2 aromatic carbocycles. The fourth-order valence-corrected chi connectivity index (χ4v) is 4.17. The van der Waals surface area contributed by atoms with Crippen LogP contribution in [0.4, 0.5) is 18.9 Å². The molecule has 2 heterocycles. The fourth-order valence-electron chi connectivity index (χ4n) is 4.17. The van der Waals surface area contributed by atoms with Crippen LogP contribution in [0, 0.1) is 0 Å². The van der Waals surface area contributed by atoms with Gasteiger partial charge in [-0.15, -0.1) is 13.2 Å². The van der Waals surface area contributed by atoms with Gasteiger partial charge in [0.05, 0.1) is 18.2 Å². The van der Waals surface area contributed by atoms with Crippen molar-refractivity contribution in [2.24, 2.45) is 0 Å². The van der Waals surface area contributed by atoms with Gasteiger partial charge in [-0.1, -0.05) is 19.8 Å². The van der Waals surface area contributed by atoms with Gasteiger partial charge in [-0.25, -0.2) is 0 Å². The first kappa shape index (κ1) is 26.7. The number of hydrogen-bond donors (Lipinski definition) is 1. The van der Waals surface area contributed by atoms with Gasteiger partial charge in [0.2, 0.25) is 0 Å². The Morgan fingerprint density at radius 1 is 0.947 bits per heavy atom. The highest BCUT2D eigenvalue weighted by Crippen LogP contribution is 2.42. The molecule has 1 aromatic heterocycles. The number of rotatable bonds is 9. The number of amides is 1. The van der Waals surface area contributed by atoms with Gasteiger partial charge >= 0.3 is 6.36 Å². The van der Waals surface area contributed by atoms with E-state index < -0.39 is 29.8 Å². The van der Waals surface area contributed by atoms with Crippen molar-refractivity contribution in [1.82, 2.24) is 4.98 Å². The quantitative estimate of drug-likeness (QED) is 0.155. The van der Waals surface area contributed by atoms with Crippen molar-refractivity contribution >= 4 is 23.1 Å². The summed E-state index contributed by atoms with van der Waals surface area (Å²) in [5, 5.41) is 11.2. The number of nitrogens with zero attached hydrogens (tertiary/aromatic N) is 2. The average Bonchev–Trinajstić information content (AvgIpc) is 3.17. The number of aliphatic hydroxyl groups excluding tert-OH is 1. The zero-order chi connectivity index (χ0) is 27.3. The molecule has 1 atom stereocenters. The molecule has 0 aliphatic carbocycles. The third-order valence-corrected chi connectivity index (χ3v) is 5.96. The smallest absolute Gasteiger partial charge is 0.507 e. The maximum Gasteiger partial charge on any atom is 0.573 e. The molecule has 1 saturated heterocycles. The first-order valence-electron chi connectivity index (χ1n) is 12.0. The van der Waals surface area contributed by atoms with Crippen molar-refractivity contribution in [3.8, 4) is 11.5 Å². The predicted octanol–water partition coefficient (Wildman–Crippen LogP) is 6.18. The van der Waals surface area contributed by atoms with Gasteiger partial charge in [-0.05, 0) is 72.6 Å². The summed E-state index contributed by atoms with van der Waals surface area (Å²) in [5.41, 5.74) is 0.774. The Kier molecular flexibility index (Phi) is 7.99. The molecule has 3 aromatic rings. The Morgan fingerprint density at radius 2 is 1.58 bits per heavy atom. The van der Waals surface area contributed by atoms with Gasteiger partial charge in [-0.2, -0.15) is 0 Å². The van der Waals surface area contributed by atoms with Crippen LogP contribution < -0.4 is 14.4 Å². The maximum absolute atomic E-state index is 13.2. The van der Waals surface area contributed by atoms with Crippen LogP contribution in [0.2, 0.25) is 0 Å². The molecule has 1 unspecified atom stereocenters. The second-order valence-corrected chi connectivity index (χ2v) is 8.57. The summed E-state index contributed by atoms with van der Waals surface area (Å²) in [4.78, 5) is 31.4. The molecule has 0 bridgehead atoms. The SMILES string of the molecule is CCCCCOc1ccc(/C(O)=C2/C(=O)C(=O)N(c3ccc(OC(F)(F)F)cc3)C2c2ccncc2)cc1. The highest BCUT2D eigenvalue weighted by molar-refractivity contribution is 6.51. The van der Waals surface area contributed by atoms with Crippen LogP contribution in [0.25, 0.3) is 5.76 Å². The molecule has 7 nitrogen and oxygen atoms in total. The first-order valence-corrected chi connectivity index (χ1v) is 12.0. The molecular weight excluding hydrogens is 501 g/mol. The van der Waals surface area contributed by atoms with E-state index in [2.05, 4.69) is 16.6 Å². The summed E-state index contributed by atoms with van der Waals surface area (Å²) in [5.74, 6) is -2.13. The maximum atomic E-state index is 13.2. The van der Waals surface area contributed by atoms with Gasteiger partial charge in [0.25, 0.3) is 11.7 Å². The number of anilines is 1. The molecule has 1 N–H and O–H groups in total. The van der Waals surface area contributed by atoms with Crippen LogP contribution in [0.5, 0.6) is 11.5 Å². The number of benzene rings is 2. The number of ether oxygens (including phenoxy) is 2. The van der Waals surface area contributed by atoms with Crippen molar-refractivity contribution in [3.05, 3.63) is 89.8 Å². The van der Waals surface area contributed by atoms with Gasteiger partial charge in [0, 0.05) is 23.6 Å². The summed E-state index contributed by atoms with van der Waals surface area (Å²) in [6.45, 7) is 2.65. The predicted molar refractivity (Wildman–Crippen MR) is 134 cm³/mol. The molecule has 1 aliphatic rings. The van der Waals surface area contributed by atoms with E-state index in [-0.39, 0.29) is 17.0 Å². The van der Waals surface area contributed by atoms with Crippen molar-refractivity contribution in [3.63, 3.8) is 0 Å². The Hall–Kier alpha value is -4.34. The number of pyridine rings is 1. The van der Waals surface area contributed by atoms with Gasteiger partial charge < -0.3 is 14.6 Å². The standard InChI is InChI=1S/C28H25F3N2O5/c1-2-3-4-17-37-21-9-5-19(6-10-21)25(34)23-24(18-13-15-32-16-14-18)33(27(36)26(23)35)20-7-11-22(12-8-20)38-28(29,30)31/h5-16,24,34H,2-4,17H2,1H3/b25-23-. The van der Waals surface area contributed by atoms with Crippen LogP contribution in [-0.4, -0.2) is 34.8 Å². The van der Waals surface area contributed by atoms with Crippen LogP contribution in [0.1, 0.15) is 43.4 Å². The molecule has 10 heteroatoms. The Balaban J connectivity index is 1.70. The summed E-state index contributed by atoms with van der Waals surface area (Å²) in [6, 6.07) is 13.2. The van der Waals surface area contributed by atoms with Crippen LogP contribution in [-0.2, 0) is 9.59 Å². The molecule has 198 valence electrons. The van der Waals surface area contributed by atoms with Gasteiger partial charge in [-0.3, -0.25) is 19.5 Å². The van der Waals surface area contributed by atoms with Crippen LogP contribution in [0.3, 0.4) is 0 Å². The van der Waals surface area contributed by atoms with Crippen LogP contribution in [0.15, 0.2) is 78.6 Å². The average molecular weight is 527 g/mol. The second kappa shape index (κ2) is 11.4. The number of alkyl halides is 3. The van der Waals surface area contributed by atoms with E-state index in [0.29, 0.717) is 23.5 Å². The zero-order valence-electron chi connectivity index (χ0n) is 20.4. The minimum Gasteiger partial charge on any atom is -0.507 e. The first-order chi connectivity index (χ1) is 18.2. The number of carbonyl (C=O) groups is 2. The van der Waals surface area contributed by atoms with E-state index in [1.807, 2.05) is 0 Å². The van der Waals surface area contributed by atoms with E-state index in [1.165, 1.54) is 24.5 Å². The Bertz CT molecular complexity index is 1310. The lowest BCUT2D eigenvalue weighted by atomic mass is 9.95. The lowest BCUT2D eigenvalue weighted by molar-refractivity contribution is -0.274. The number of aromatic nitrogens is 1. The molecule has 0 radical (unpaired) electrons. The molecular formula is C28H25F3N2O5. The normalized spacial score (nSPS) is 17.1. The molecule has 38 heavy (non-hydrogen) atoms. The highest BCUT2D eigenvalue weighted by atomic mass is 19.4. The van der Waals surface area contributed by atoms with Gasteiger partial charge in [0.1, 0.15) is 17.3 Å². The summed E-state index contributed by atoms with van der Waals surface area (Å²) in [7, 11) is 0. The lowest BCUT2D eigenvalue weighted by Crippen LogP contribution is -2.29. The monoisotopic (exact) mass is 526 g/mol. The molecule has 1 amide bonds. The topological polar surface area (TPSA) is 89.0 Å². The zero-order valence-corrected chi connectivity index (χ0v) is 20.4. The summed E-state index contributed by atoms with van der Waals surface area (Å²) in [6.07, 6.45) is 1.10. The number of ketones is 1. The summed E-state index contributed by atoms with van der Waals surface area (Å²) < 4.78 is 47.3. The molecule has 1 fully saturated rings. The number of hydrogen-bond acceptors (Lipinski definition) is 6. The third-order valence-electron chi connectivity index (χ3n) is 5.96. The number of unbranched alkanes of at least 4 members (excludes halogenated alkanes) is 2. The third kappa shape index (κ3) is 5.96. The molecule has 4 rings (SSSR count). The minimum atomic E-state index is -4.88. The van der Waals surface area contributed by atoms with Crippen molar-refractivity contribution in [2.45, 2.75) is 38.6 Å². The Morgan fingerprint density at radius 3 is 2.18 bits per heavy atom. The van der Waals surface area contributed by atoms with Crippen molar-refractivity contribution < 1.29 is 37.3 Å². The van der Waals surface area contributed by atoms with Crippen molar-refractivity contribution in [1.29, 1.82) is 0 Å². The molecule has 1 aliphatic heterocycles. The van der Waals surface area contributed by atoms with E-state index in [4.69, 9.17) is 4.74 Å². The second-order valence-electron chi connectivity index (χ2n) is 8.57. The number of carbonyl (C=O) groups excluding carboxylic acids is 2.